The first kappa shape index (κ1) is 58.5. The van der Waals surface area contributed by atoms with Crippen molar-refractivity contribution in [1.29, 1.82) is 0 Å². The number of nitrogens with zero attached hydrogens (tertiary/aromatic N) is 8. The van der Waals surface area contributed by atoms with E-state index in [1.54, 1.807) is 27.7 Å². The van der Waals surface area contributed by atoms with Crippen LogP contribution in [0, 0.1) is 11.8 Å². The zero-order valence-corrected chi connectivity index (χ0v) is 49.7. The SMILES string of the molecule is C.COc1ccc(CNc2ccc3ccc(CC[C@H]4C[C@@H](n5ccc6c(Cl)ncnc65)[C@@H]5OC(C)(C)O[C@H]45)cc3n2)cc1.COc1ccc(CNc2ccc3ccc(CC[C@H]4C[C@@H](n5ccc6c(OC)ncnc65)[C@@H]5OC(C)(C)O[C@H]45)cc3n2)cc1. The van der Waals surface area contributed by atoms with E-state index >= 15 is 0 Å². The van der Waals surface area contributed by atoms with Crippen LogP contribution < -0.4 is 24.8 Å². The predicted octanol–water partition coefficient (Wildman–Crippen LogP) is 13.9. The molecule has 10 aromatic rings. The molecule has 0 spiro atoms. The van der Waals surface area contributed by atoms with Crippen molar-refractivity contribution in [2.24, 2.45) is 11.8 Å². The quantitative estimate of drug-likeness (QED) is 0.0823. The molecule has 18 heteroatoms. The molecule has 8 heterocycles. The van der Waals surface area contributed by atoms with E-state index in [1.165, 1.54) is 28.6 Å². The first-order chi connectivity index (χ1) is 41.3. The third kappa shape index (κ3) is 12.1. The minimum absolute atomic E-state index is 0. The molecule has 4 aromatic carbocycles. The van der Waals surface area contributed by atoms with E-state index in [4.69, 9.17) is 54.7 Å². The van der Waals surface area contributed by atoms with Crippen LogP contribution in [0.25, 0.3) is 43.9 Å². The summed E-state index contributed by atoms with van der Waals surface area (Å²) >= 11 is 6.35. The fourth-order valence-corrected chi connectivity index (χ4v) is 13.4. The second kappa shape index (κ2) is 24.4. The first-order valence-electron chi connectivity index (χ1n) is 29.3. The molecule has 86 heavy (non-hydrogen) atoms. The topological polar surface area (TPSA) is 176 Å². The summed E-state index contributed by atoms with van der Waals surface area (Å²) in [5.74, 6) is 3.46. The Morgan fingerprint density at radius 3 is 1.42 bits per heavy atom. The summed E-state index contributed by atoms with van der Waals surface area (Å²) in [6, 6.07) is 41.9. The van der Waals surface area contributed by atoms with Gasteiger partial charge in [-0.1, -0.05) is 67.6 Å². The Balaban J connectivity index is 0.000000166. The lowest BCUT2D eigenvalue weighted by Gasteiger charge is -2.24. The van der Waals surface area contributed by atoms with Crippen molar-refractivity contribution in [3.05, 3.63) is 174 Å². The van der Waals surface area contributed by atoms with Crippen LogP contribution >= 0.6 is 11.6 Å². The van der Waals surface area contributed by atoms with E-state index in [-0.39, 0.29) is 43.9 Å². The van der Waals surface area contributed by atoms with Gasteiger partial charge in [-0.3, -0.25) is 0 Å². The molecule has 0 bridgehead atoms. The molecule has 4 fully saturated rings. The summed E-state index contributed by atoms with van der Waals surface area (Å²) in [6.07, 6.45) is 12.9. The number of nitrogens with one attached hydrogen (secondary N) is 2. The molecule has 6 aromatic heterocycles. The Morgan fingerprint density at radius 1 is 0.512 bits per heavy atom. The van der Waals surface area contributed by atoms with Gasteiger partial charge in [-0.2, -0.15) is 0 Å². The standard InChI is InChI=1S/C34H37N5O4.C33H34ClN5O3.CH4/c1-34(2)42-30-24(18-28(31(30)43-34)39-16-15-26-32(39)36-20-37-33(26)41-4)10-6-21-5-9-23-11-14-29(38-27(23)17-21)35-19-22-7-12-25(40-3)13-8-22;1-33(2)41-29-23(17-27(30(29)42-33)39-15-14-25-31(34)36-19-37-32(25)39)9-5-20-4-8-22-10-13-28(38-26(22)16-20)35-18-21-6-11-24(40-3)12-7-21;/h5,7-9,11-17,20,24,28,30-31H,6,10,18-19H2,1-4H3,(H,35,38);4,6-8,10-16,19,23,27,29-30H,5,9,17-18H2,1-3H3,(H,35,38);1H4/t24-,28+,30+,31-;23-,27+,29+,30-;/m00./s1. The van der Waals surface area contributed by atoms with E-state index in [0.29, 0.717) is 36.0 Å². The normalized spacial score (nSPS) is 22.5. The van der Waals surface area contributed by atoms with Gasteiger partial charge in [0.25, 0.3) is 0 Å². The summed E-state index contributed by atoms with van der Waals surface area (Å²) in [5, 5.41) is 11.4. The maximum atomic E-state index is 6.50. The van der Waals surface area contributed by atoms with Crippen LogP contribution in [-0.2, 0) is 44.9 Å². The maximum Gasteiger partial charge on any atom is 0.225 e. The van der Waals surface area contributed by atoms with Crippen LogP contribution in [-0.4, -0.2) is 96.4 Å². The highest BCUT2D eigenvalue weighted by Crippen LogP contribution is 2.51. The van der Waals surface area contributed by atoms with Gasteiger partial charge in [0.15, 0.2) is 11.6 Å². The molecule has 4 aliphatic rings. The van der Waals surface area contributed by atoms with Gasteiger partial charge < -0.3 is 52.9 Å². The van der Waals surface area contributed by atoms with E-state index in [1.807, 2.05) is 76.2 Å². The molecule has 8 atom stereocenters. The highest BCUT2D eigenvalue weighted by molar-refractivity contribution is 6.33. The number of anilines is 2. The Morgan fingerprint density at radius 2 is 0.942 bits per heavy atom. The van der Waals surface area contributed by atoms with Gasteiger partial charge in [-0.25, -0.2) is 29.9 Å². The number of pyridine rings is 2. The number of hydrogen-bond acceptors (Lipinski definition) is 15. The molecule has 446 valence electrons. The second-order valence-electron chi connectivity index (χ2n) is 23.7. The van der Waals surface area contributed by atoms with E-state index < -0.39 is 11.6 Å². The van der Waals surface area contributed by atoms with Crippen molar-refractivity contribution in [3.63, 3.8) is 0 Å². The average molecular weight is 1180 g/mol. The van der Waals surface area contributed by atoms with Crippen LogP contribution in [0.1, 0.15) is 95.1 Å². The number of halogens is 1. The van der Waals surface area contributed by atoms with Gasteiger partial charge >= 0.3 is 0 Å². The van der Waals surface area contributed by atoms with Crippen LogP contribution in [0.3, 0.4) is 0 Å². The first-order valence-corrected chi connectivity index (χ1v) is 29.7. The van der Waals surface area contributed by atoms with E-state index in [2.05, 4.69) is 125 Å². The number of hydrogen-bond donors (Lipinski definition) is 2. The number of rotatable bonds is 17. The molecule has 14 rings (SSSR count). The van der Waals surface area contributed by atoms with Crippen LogP contribution in [0.4, 0.5) is 11.6 Å². The molecule has 0 unspecified atom stereocenters. The zero-order valence-electron chi connectivity index (χ0n) is 48.9. The molecule has 0 radical (unpaired) electrons. The van der Waals surface area contributed by atoms with Crippen molar-refractivity contribution >= 4 is 67.1 Å². The van der Waals surface area contributed by atoms with Gasteiger partial charge in [-0.05, 0) is 173 Å². The number of ether oxygens (including phenoxy) is 7. The highest BCUT2D eigenvalue weighted by Gasteiger charge is 2.56. The summed E-state index contributed by atoms with van der Waals surface area (Å²) in [5.41, 5.74) is 8.57. The van der Waals surface area contributed by atoms with Crippen molar-refractivity contribution in [2.45, 2.75) is 135 Å². The molecular weight excluding hydrogens is 1100 g/mol. The zero-order chi connectivity index (χ0) is 58.4. The Labute approximate surface area is 506 Å². The summed E-state index contributed by atoms with van der Waals surface area (Å²) in [6.45, 7) is 9.41. The van der Waals surface area contributed by atoms with Gasteiger partial charge in [-0.15, -0.1) is 0 Å². The molecule has 2 saturated carbocycles. The van der Waals surface area contributed by atoms with Crippen LogP contribution in [0.2, 0.25) is 5.15 Å². The number of aromatic nitrogens is 8. The number of benzene rings is 4. The number of fused-ring (bicyclic) bond motifs is 6. The Hall–Kier alpha value is -7.93. The summed E-state index contributed by atoms with van der Waals surface area (Å²) in [4.78, 5) is 27.4. The smallest absolute Gasteiger partial charge is 0.225 e. The third-order valence-corrected chi connectivity index (χ3v) is 17.6. The maximum absolute atomic E-state index is 6.50. The lowest BCUT2D eigenvalue weighted by Crippen LogP contribution is -2.27. The van der Waals surface area contributed by atoms with Gasteiger partial charge in [0.2, 0.25) is 5.88 Å². The van der Waals surface area contributed by atoms with E-state index in [0.717, 1.165) is 106 Å². The average Bonchev–Trinajstić information content (AvgIpc) is 3.09. The molecule has 2 aliphatic heterocycles. The van der Waals surface area contributed by atoms with Gasteiger partial charge in [0.1, 0.15) is 64.4 Å². The van der Waals surface area contributed by atoms with Crippen molar-refractivity contribution in [2.75, 3.05) is 32.0 Å². The van der Waals surface area contributed by atoms with Crippen molar-refractivity contribution in [1.82, 2.24) is 39.0 Å². The van der Waals surface area contributed by atoms with Crippen LogP contribution in [0.5, 0.6) is 17.4 Å². The van der Waals surface area contributed by atoms with Gasteiger partial charge in [0, 0.05) is 36.3 Å². The second-order valence-corrected chi connectivity index (χ2v) is 24.0. The largest absolute Gasteiger partial charge is 0.497 e. The molecular formula is C68H75ClN10O7. The van der Waals surface area contributed by atoms with Crippen molar-refractivity contribution in [3.8, 4) is 17.4 Å². The number of aryl methyl sites for hydroxylation is 2. The molecule has 2 saturated heterocycles. The minimum Gasteiger partial charge on any atom is -0.497 e. The fourth-order valence-electron chi connectivity index (χ4n) is 13.2. The molecule has 0 amide bonds. The predicted molar refractivity (Wildman–Crippen MR) is 336 cm³/mol. The third-order valence-electron chi connectivity index (χ3n) is 17.3. The Kier molecular flexibility index (Phi) is 16.6. The highest BCUT2D eigenvalue weighted by atomic mass is 35.5. The monoisotopic (exact) mass is 1180 g/mol. The van der Waals surface area contributed by atoms with Gasteiger partial charge in [0.05, 0.1) is 67.4 Å². The lowest BCUT2D eigenvalue weighted by atomic mass is 9.95. The summed E-state index contributed by atoms with van der Waals surface area (Å²) < 4.78 is 46.4. The lowest BCUT2D eigenvalue weighted by molar-refractivity contribution is -0.160. The molecule has 2 aliphatic carbocycles. The molecule has 2 N–H and O–H groups in total. The van der Waals surface area contributed by atoms with Crippen molar-refractivity contribution < 1.29 is 33.2 Å². The fraction of sp³-hybridized carbons (Fsp3) is 0.382. The Bertz CT molecular complexity index is 4010. The van der Waals surface area contributed by atoms with Crippen LogP contribution in [0.15, 0.2) is 146 Å². The molecule has 17 nitrogen and oxygen atoms in total. The number of methoxy groups -OCH3 is 3. The van der Waals surface area contributed by atoms with E-state index in [9.17, 15) is 0 Å². The minimum atomic E-state index is -0.621. The summed E-state index contributed by atoms with van der Waals surface area (Å²) in [7, 11) is 5.00.